The number of nitrogens with two attached hydrogens (primary N) is 1. The van der Waals surface area contributed by atoms with Gasteiger partial charge in [0.05, 0.1) is 23.6 Å². The second-order valence-corrected chi connectivity index (χ2v) is 5.19. The van der Waals surface area contributed by atoms with Crippen LogP contribution < -0.4 is 11.1 Å². The molecule has 1 fully saturated rings. The number of anilines is 2. The summed E-state index contributed by atoms with van der Waals surface area (Å²) in [4.78, 5) is 14.1. The number of methoxy groups -OCH3 is 2. The third-order valence-corrected chi connectivity index (χ3v) is 3.79. The van der Waals surface area contributed by atoms with Crippen LogP contribution in [0.3, 0.4) is 0 Å². The largest absolute Gasteiger partial charge is 0.397 e. The molecule has 0 aromatic heterocycles. The number of hydrogen-bond acceptors (Lipinski definition) is 5. The molecule has 1 heterocycles. The van der Waals surface area contributed by atoms with E-state index in [9.17, 15) is 4.79 Å². The quantitative estimate of drug-likeness (QED) is 0.763. The van der Waals surface area contributed by atoms with Crippen molar-refractivity contribution >= 4 is 17.3 Å². The van der Waals surface area contributed by atoms with Crippen LogP contribution in [0.5, 0.6) is 0 Å². The molecule has 0 saturated carbocycles. The molecule has 2 atom stereocenters. The molecule has 1 aliphatic rings. The van der Waals surface area contributed by atoms with E-state index in [0.717, 1.165) is 13.1 Å². The van der Waals surface area contributed by atoms with E-state index in [-0.39, 0.29) is 18.1 Å². The van der Waals surface area contributed by atoms with E-state index < -0.39 is 0 Å². The van der Waals surface area contributed by atoms with Crippen LogP contribution in [0, 0.1) is 0 Å². The topological polar surface area (TPSA) is 76.8 Å². The van der Waals surface area contributed by atoms with Crippen LogP contribution in [0.25, 0.3) is 0 Å². The Morgan fingerprint density at radius 1 is 1.29 bits per heavy atom. The molecule has 6 heteroatoms. The number of carbonyl (C=O) groups is 1. The van der Waals surface area contributed by atoms with Gasteiger partial charge in [0.2, 0.25) is 5.91 Å². The Balaban J connectivity index is 1.79. The fourth-order valence-electron chi connectivity index (χ4n) is 2.54. The first kappa shape index (κ1) is 15.8. The molecule has 21 heavy (non-hydrogen) atoms. The Bertz CT molecular complexity index is 469. The Morgan fingerprint density at radius 2 is 1.90 bits per heavy atom. The van der Waals surface area contributed by atoms with Gasteiger partial charge in [-0.1, -0.05) is 12.1 Å². The number of hydrogen-bond donors (Lipinski definition) is 2. The van der Waals surface area contributed by atoms with Crippen molar-refractivity contribution in [3.05, 3.63) is 24.3 Å². The third-order valence-electron chi connectivity index (χ3n) is 3.79. The maximum Gasteiger partial charge on any atom is 0.225 e. The highest BCUT2D eigenvalue weighted by atomic mass is 16.5. The molecule has 1 aliphatic heterocycles. The van der Waals surface area contributed by atoms with Crippen LogP contribution in [0.2, 0.25) is 0 Å². The second kappa shape index (κ2) is 7.40. The molecule has 1 amide bonds. The first-order valence-electron chi connectivity index (χ1n) is 7.06. The zero-order chi connectivity index (χ0) is 15.2. The number of likely N-dealkylation sites (tertiary alicyclic amines) is 1. The molecule has 2 unspecified atom stereocenters. The van der Waals surface area contributed by atoms with Crippen LogP contribution in [-0.2, 0) is 14.3 Å². The summed E-state index contributed by atoms with van der Waals surface area (Å²) in [6.45, 7) is 2.25. The van der Waals surface area contributed by atoms with E-state index in [1.165, 1.54) is 0 Å². The molecular weight excluding hydrogens is 270 g/mol. The van der Waals surface area contributed by atoms with Crippen molar-refractivity contribution in [2.24, 2.45) is 0 Å². The van der Waals surface area contributed by atoms with Crippen molar-refractivity contribution in [3.8, 4) is 0 Å². The van der Waals surface area contributed by atoms with E-state index in [1.54, 1.807) is 26.4 Å². The SMILES string of the molecule is COC1CN(CCC(=O)Nc2ccccc2N)CC1OC. The van der Waals surface area contributed by atoms with Crippen LogP contribution >= 0.6 is 0 Å². The fourth-order valence-corrected chi connectivity index (χ4v) is 2.54. The van der Waals surface area contributed by atoms with Crippen molar-refractivity contribution in [1.29, 1.82) is 0 Å². The van der Waals surface area contributed by atoms with Gasteiger partial charge in [-0.05, 0) is 12.1 Å². The summed E-state index contributed by atoms with van der Waals surface area (Å²) in [5.74, 6) is -0.0391. The minimum atomic E-state index is -0.0391. The highest BCUT2D eigenvalue weighted by molar-refractivity contribution is 5.93. The molecule has 1 aromatic rings. The number of rotatable bonds is 6. The van der Waals surface area contributed by atoms with E-state index in [4.69, 9.17) is 15.2 Å². The summed E-state index contributed by atoms with van der Waals surface area (Å²) in [5, 5.41) is 2.83. The van der Waals surface area contributed by atoms with Gasteiger partial charge in [0.1, 0.15) is 0 Å². The van der Waals surface area contributed by atoms with Crippen LogP contribution in [-0.4, -0.2) is 56.9 Å². The number of benzene rings is 1. The summed E-state index contributed by atoms with van der Waals surface area (Å²) in [5.41, 5.74) is 7.04. The van der Waals surface area contributed by atoms with Gasteiger partial charge >= 0.3 is 0 Å². The van der Waals surface area contributed by atoms with Crippen LogP contribution in [0.15, 0.2) is 24.3 Å². The smallest absolute Gasteiger partial charge is 0.225 e. The Hall–Kier alpha value is -1.63. The predicted molar refractivity (Wildman–Crippen MR) is 82.1 cm³/mol. The average molecular weight is 293 g/mol. The summed E-state index contributed by atoms with van der Waals surface area (Å²) in [7, 11) is 3.37. The molecule has 0 radical (unpaired) electrons. The summed E-state index contributed by atoms with van der Waals surface area (Å²) in [6.07, 6.45) is 0.562. The van der Waals surface area contributed by atoms with Gasteiger partial charge in [-0.3, -0.25) is 9.69 Å². The number of carbonyl (C=O) groups excluding carboxylic acids is 1. The summed E-state index contributed by atoms with van der Waals surface area (Å²) in [6, 6.07) is 7.25. The monoisotopic (exact) mass is 293 g/mol. The van der Waals surface area contributed by atoms with Crippen molar-refractivity contribution in [3.63, 3.8) is 0 Å². The van der Waals surface area contributed by atoms with E-state index in [1.807, 2.05) is 12.1 Å². The summed E-state index contributed by atoms with van der Waals surface area (Å²) >= 11 is 0. The Labute approximate surface area is 125 Å². The predicted octanol–water partition coefficient (Wildman–Crippen LogP) is 0.943. The fraction of sp³-hybridized carbons (Fsp3) is 0.533. The third kappa shape index (κ3) is 4.17. The maximum absolute atomic E-state index is 12.0. The van der Waals surface area contributed by atoms with Gasteiger partial charge in [0.15, 0.2) is 0 Å². The highest BCUT2D eigenvalue weighted by Gasteiger charge is 2.32. The zero-order valence-corrected chi connectivity index (χ0v) is 12.5. The molecule has 0 spiro atoms. The summed E-state index contributed by atoms with van der Waals surface area (Å²) < 4.78 is 10.8. The lowest BCUT2D eigenvalue weighted by Gasteiger charge is -2.15. The number of nitrogens with one attached hydrogen (secondary N) is 1. The first-order valence-corrected chi connectivity index (χ1v) is 7.06. The van der Waals surface area contributed by atoms with Crippen molar-refractivity contribution < 1.29 is 14.3 Å². The lowest BCUT2D eigenvalue weighted by atomic mass is 10.2. The van der Waals surface area contributed by atoms with Crippen molar-refractivity contribution in [2.45, 2.75) is 18.6 Å². The molecule has 0 bridgehead atoms. The molecule has 2 rings (SSSR count). The molecule has 116 valence electrons. The van der Waals surface area contributed by atoms with Crippen molar-refractivity contribution in [1.82, 2.24) is 4.90 Å². The van der Waals surface area contributed by atoms with Crippen LogP contribution in [0.1, 0.15) is 6.42 Å². The van der Waals surface area contributed by atoms with Gasteiger partial charge < -0.3 is 20.5 Å². The lowest BCUT2D eigenvalue weighted by Crippen LogP contribution is -2.27. The number of nitrogens with zero attached hydrogens (tertiary/aromatic N) is 1. The number of amides is 1. The van der Waals surface area contributed by atoms with Gasteiger partial charge in [-0.15, -0.1) is 0 Å². The van der Waals surface area contributed by atoms with Gasteiger partial charge in [-0.25, -0.2) is 0 Å². The number of para-hydroxylation sites is 2. The minimum absolute atomic E-state index is 0.0391. The highest BCUT2D eigenvalue weighted by Crippen LogP contribution is 2.18. The van der Waals surface area contributed by atoms with E-state index in [0.29, 0.717) is 24.3 Å². The Morgan fingerprint density at radius 3 is 2.48 bits per heavy atom. The average Bonchev–Trinajstić information content (AvgIpc) is 2.90. The first-order chi connectivity index (χ1) is 10.1. The molecule has 1 aromatic carbocycles. The minimum Gasteiger partial charge on any atom is -0.397 e. The molecule has 6 nitrogen and oxygen atoms in total. The second-order valence-electron chi connectivity index (χ2n) is 5.19. The number of ether oxygens (including phenoxy) is 2. The standard InChI is InChI=1S/C15H23N3O3/c1-20-13-9-18(10-14(13)21-2)8-7-15(19)17-12-6-4-3-5-11(12)16/h3-6,13-14H,7-10,16H2,1-2H3,(H,17,19). The zero-order valence-electron chi connectivity index (χ0n) is 12.5. The van der Waals surface area contributed by atoms with Crippen LogP contribution in [0.4, 0.5) is 11.4 Å². The molecular formula is C15H23N3O3. The van der Waals surface area contributed by atoms with Gasteiger partial charge in [0.25, 0.3) is 0 Å². The molecule has 1 saturated heterocycles. The Kier molecular flexibility index (Phi) is 5.55. The normalized spacial score (nSPS) is 22.4. The van der Waals surface area contributed by atoms with Crippen molar-refractivity contribution in [2.75, 3.05) is 44.9 Å². The maximum atomic E-state index is 12.0. The van der Waals surface area contributed by atoms with E-state index in [2.05, 4.69) is 10.2 Å². The molecule has 3 N–H and O–H groups in total. The van der Waals surface area contributed by atoms with Gasteiger partial charge in [0, 0.05) is 40.3 Å². The lowest BCUT2D eigenvalue weighted by molar-refractivity contribution is -0.116. The molecule has 0 aliphatic carbocycles. The van der Waals surface area contributed by atoms with E-state index >= 15 is 0 Å². The number of nitrogen functional groups attached to an aromatic ring is 1. The van der Waals surface area contributed by atoms with Gasteiger partial charge in [-0.2, -0.15) is 0 Å².